The smallest absolute Gasteiger partial charge is 0.151 e. The zero-order valence-corrected chi connectivity index (χ0v) is 13.0. The Morgan fingerprint density at radius 1 is 1.33 bits per heavy atom. The molecule has 114 valence electrons. The predicted octanol–water partition coefficient (Wildman–Crippen LogP) is 4.56. The SMILES string of the molecule is C=C(OCC)/C(=C\C(C)(C)O/N=C/C)c1ccc(F)cc1. The first-order valence-corrected chi connectivity index (χ1v) is 6.86. The molecule has 0 aliphatic heterocycles. The number of allylic oxidation sites excluding steroid dienone is 1. The lowest BCUT2D eigenvalue weighted by Crippen LogP contribution is -2.19. The molecule has 3 nitrogen and oxygen atoms in total. The predicted molar refractivity (Wildman–Crippen MR) is 84.5 cm³/mol. The van der Waals surface area contributed by atoms with Crippen molar-refractivity contribution in [2.45, 2.75) is 33.3 Å². The Morgan fingerprint density at radius 3 is 2.48 bits per heavy atom. The van der Waals surface area contributed by atoms with Crippen LogP contribution in [-0.4, -0.2) is 18.4 Å². The largest absolute Gasteiger partial charge is 0.494 e. The number of hydrogen-bond acceptors (Lipinski definition) is 3. The summed E-state index contributed by atoms with van der Waals surface area (Å²) in [6, 6.07) is 6.18. The number of ether oxygens (including phenoxy) is 1. The second-order valence-corrected chi connectivity index (χ2v) is 4.98. The Hall–Kier alpha value is -2.10. The van der Waals surface area contributed by atoms with E-state index in [1.807, 2.05) is 26.8 Å². The van der Waals surface area contributed by atoms with Gasteiger partial charge in [0.2, 0.25) is 0 Å². The van der Waals surface area contributed by atoms with Crippen molar-refractivity contribution in [1.82, 2.24) is 0 Å². The van der Waals surface area contributed by atoms with Crippen LogP contribution in [0.15, 0.2) is 47.8 Å². The fourth-order valence-electron chi connectivity index (χ4n) is 1.77. The van der Waals surface area contributed by atoms with Gasteiger partial charge in [-0.15, -0.1) is 0 Å². The lowest BCUT2D eigenvalue weighted by atomic mass is 9.98. The molecule has 0 unspecified atom stereocenters. The number of rotatable bonds is 7. The van der Waals surface area contributed by atoms with E-state index in [-0.39, 0.29) is 5.82 Å². The highest BCUT2D eigenvalue weighted by molar-refractivity contribution is 5.77. The molecule has 0 atom stereocenters. The molecule has 0 radical (unpaired) electrons. The minimum Gasteiger partial charge on any atom is -0.494 e. The van der Waals surface area contributed by atoms with Gasteiger partial charge in [0.1, 0.15) is 11.6 Å². The van der Waals surface area contributed by atoms with Crippen LogP contribution in [0.2, 0.25) is 0 Å². The van der Waals surface area contributed by atoms with E-state index in [9.17, 15) is 4.39 Å². The molecule has 0 N–H and O–H groups in total. The maximum atomic E-state index is 13.1. The summed E-state index contributed by atoms with van der Waals surface area (Å²) in [5.41, 5.74) is 0.927. The van der Waals surface area contributed by atoms with Crippen LogP contribution >= 0.6 is 0 Å². The molecule has 0 saturated heterocycles. The first-order chi connectivity index (χ1) is 9.89. The van der Waals surface area contributed by atoms with Gasteiger partial charge in [-0.05, 0) is 51.5 Å². The lowest BCUT2D eigenvalue weighted by Gasteiger charge is -2.21. The Labute approximate surface area is 125 Å². The van der Waals surface area contributed by atoms with Crippen molar-refractivity contribution >= 4 is 11.8 Å². The zero-order valence-electron chi connectivity index (χ0n) is 13.0. The molecule has 0 amide bonds. The van der Waals surface area contributed by atoms with Gasteiger partial charge in [0.15, 0.2) is 5.60 Å². The highest BCUT2D eigenvalue weighted by atomic mass is 19.1. The molecule has 0 aliphatic carbocycles. The van der Waals surface area contributed by atoms with E-state index in [0.29, 0.717) is 12.4 Å². The van der Waals surface area contributed by atoms with Gasteiger partial charge in [-0.1, -0.05) is 23.9 Å². The second kappa shape index (κ2) is 7.62. The average molecular weight is 291 g/mol. The Morgan fingerprint density at radius 2 is 1.95 bits per heavy atom. The molecule has 1 aromatic rings. The zero-order chi connectivity index (χ0) is 15.9. The van der Waals surface area contributed by atoms with Crippen LogP contribution in [-0.2, 0) is 9.57 Å². The molecule has 0 spiro atoms. The van der Waals surface area contributed by atoms with Crippen LogP contribution in [0.5, 0.6) is 0 Å². The third kappa shape index (κ3) is 5.42. The van der Waals surface area contributed by atoms with Crippen LogP contribution in [0.3, 0.4) is 0 Å². The Kier molecular flexibility index (Phi) is 6.15. The quantitative estimate of drug-likeness (QED) is 0.319. The van der Waals surface area contributed by atoms with Crippen LogP contribution in [0, 0.1) is 5.82 Å². The van der Waals surface area contributed by atoms with Crippen molar-refractivity contribution in [2.75, 3.05) is 6.61 Å². The van der Waals surface area contributed by atoms with E-state index in [0.717, 1.165) is 11.1 Å². The van der Waals surface area contributed by atoms with Gasteiger partial charge in [-0.25, -0.2) is 4.39 Å². The molecular weight excluding hydrogens is 269 g/mol. The molecule has 4 heteroatoms. The fourth-order valence-corrected chi connectivity index (χ4v) is 1.77. The summed E-state index contributed by atoms with van der Waals surface area (Å²) in [6.45, 7) is 11.9. The number of benzene rings is 1. The Bertz CT molecular complexity index is 530. The van der Waals surface area contributed by atoms with Crippen LogP contribution in [0.4, 0.5) is 4.39 Å². The van der Waals surface area contributed by atoms with E-state index in [2.05, 4.69) is 11.7 Å². The first-order valence-electron chi connectivity index (χ1n) is 6.86. The van der Waals surface area contributed by atoms with Crippen molar-refractivity contribution in [3.8, 4) is 0 Å². The average Bonchev–Trinajstić information content (AvgIpc) is 2.44. The van der Waals surface area contributed by atoms with Gasteiger partial charge in [0, 0.05) is 11.8 Å². The molecule has 1 rings (SSSR count). The van der Waals surface area contributed by atoms with Crippen molar-refractivity contribution < 1.29 is 14.0 Å². The minimum atomic E-state index is -0.643. The number of hydrogen-bond donors (Lipinski definition) is 0. The number of halogens is 1. The van der Waals surface area contributed by atoms with Gasteiger partial charge >= 0.3 is 0 Å². The molecule has 0 heterocycles. The molecule has 0 aromatic heterocycles. The normalized spacial score (nSPS) is 12.5. The molecular formula is C17H22FNO2. The first kappa shape index (κ1) is 17.0. The van der Waals surface area contributed by atoms with Gasteiger partial charge in [-0.2, -0.15) is 0 Å². The van der Waals surface area contributed by atoms with E-state index in [1.165, 1.54) is 12.1 Å². The Balaban J connectivity index is 3.18. The topological polar surface area (TPSA) is 30.8 Å². The van der Waals surface area contributed by atoms with E-state index < -0.39 is 5.60 Å². The summed E-state index contributed by atoms with van der Waals surface area (Å²) in [7, 11) is 0. The van der Waals surface area contributed by atoms with Crippen molar-refractivity contribution in [2.24, 2.45) is 5.16 Å². The third-order valence-electron chi connectivity index (χ3n) is 2.66. The number of oxime groups is 1. The highest BCUT2D eigenvalue weighted by Gasteiger charge is 2.20. The van der Waals surface area contributed by atoms with Crippen molar-refractivity contribution in [3.05, 3.63) is 54.1 Å². The summed E-state index contributed by atoms with van der Waals surface area (Å²) in [5, 5.41) is 3.81. The van der Waals surface area contributed by atoms with E-state index >= 15 is 0 Å². The summed E-state index contributed by atoms with van der Waals surface area (Å²) < 4.78 is 18.6. The molecule has 1 aromatic carbocycles. The number of nitrogens with zero attached hydrogens (tertiary/aromatic N) is 1. The third-order valence-corrected chi connectivity index (χ3v) is 2.66. The standard InChI is InChI=1S/C17H22FNO2/c1-6-19-21-17(4,5)12-16(13(3)20-7-2)14-8-10-15(18)11-9-14/h6,8-12H,3,7H2,1-2,4-5H3/b16-12+,19-6+. The fraction of sp³-hybridized carbons (Fsp3) is 0.353. The van der Waals surface area contributed by atoms with Gasteiger partial charge in [0.25, 0.3) is 0 Å². The van der Waals surface area contributed by atoms with Crippen LogP contribution in [0.25, 0.3) is 5.57 Å². The van der Waals surface area contributed by atoms with Crippen molar-refractivity contribution in [1.29, 1.82) is 0 Å². The summed E-state index contributed by atoms with van der Waals surface area (Å²) >= 11 is 0. The molecule has 0 aliphatic rings. The maximum absolute atomic E-state index is 13.1. The van der Waals surface area contributed by atoms with Gasteiger partial charge < -0.3 is 9.57 Å². The monoisotopic (exact) mass is 291 g/mol. The van der Waals surface area contributed by atoms with E-state index in [4.69, 9.17) is 9.57 Å². The molecule has 0 bridgehead atoms. The molecule has 0 saturated carbocycles. The lowest BCUT2D eigenvalue weighted by molar-refractivity contribution is 0.0253. The van der Waals surface area contributed by atoms with E-state index in [1.54, 1.807) is 25.3 Å². The molecule has 0 fully saturated rings. The summed E-state index contributed by atoms with van der Waals surface area (Å²) in [6.07, 6.45) is 3.44. The maximum Gasteiger partial charge on any atom is 0.151 e. The second-order valence-electron chi connectivity index (χ2n) is 4.98. The summed E-state index contributed by atoms with van der Waals surface area (Å²) in [4.78, 5) is 5.40. The summed E-state index contributed by atoms with van der Waals surface area (Å²) in [5.74, 6) is 0.229. The van der Waals surface area contributed by atoms with Gasteiger partial charge in [-0.3, -0.25) is 0 Å². The molecule has 21 heavy (non-hydrogen) atoms. The van der Waals surface area contributed by atoms with Gasteiger partial charge in [0.05, 0.1) is 6.61 Å². The van der Waals surface area contributed by atoms with Crippen LogP contribution in [0.1, 0.15) is 33.3 Å². The highest BCUT2D eigenvalue weighted by Crippen LogP contribution is 2.27. The van der Waals surface area contributed by atoms with Crippen molar-refractivity contribution in [3.63, 3.8) is 0 Å². The minimum absolute atomic E-state index is 0.286. The van der Waals surface area contributed by atoms with Crippen LogP contribution < -0.4 is 0 Å².